The van der Waals surface area contributed by atoms with Gasteiger partial charge in [0, 0.05) is 11.6 Å². The van der Waals surface area contributed by atoms with Crippen LogP contribution in [0.1, 0.15) is 37.7 Å². The molecule has 2 aliphatic rings. The molecule has 2 saturated carbocycles. The highest BCUT2D eigenvalue weighted by Crippen LogP contribution is 2.49. The van der Waals surface area contributed by atoms with E-state index in [9.17, 15) is 8.78 Å². The van der Waals surface area contributed by atoms with Gasteiger partial charge in [-0.1, -0.05) is 12.5 Å². The van der Waals surface area contributed by atoms with Gasteiger partial charge < -0.3 is 5.73 Å². The zero-order chi connectivity index (χ0) is 13.4. The van der Waals surface area contributed by atoms with Crippen molar-refractivity contribution in [3.8, 4) is 0 Å². The monoisotopic (exact) mass is 265 g/mol. The number of hydrogen-bond donors (Lipinski definition) is 1. The standard InChI is InChI=1S/C16H21F2N/c17-15-2-1-3-16(18)14(15)9-13(19)8-12-7-10-4-5-11(12)6-10/h1-3,10-13H,4-9,19H2. The van der Waals surface area contributed by atoms with Crippen molar-refractivity contribution in [2.24, 2.45) is 23.5 Å². The third-order valence-corrected chi connectivity index (χ3v) is 5.02. The molecule has 4 unspecified atom stereocenters. The summed E-state index contributed by atoms with van der Waals surface area (Å²) in [7, 11) is 0. The van der Waals surface area contributed by atoms with Gasteiger partial charge in [0.1, 0.15) is 11.6 Å². The zero-order valence-electron chi connectivity index (χ0n) is 11.1. The molecule has 3 rings (SSSR count). The van der Waals surface area contributed by atoms with Gasteiger partial charge >= 0.3 is 0 Å². The summed E-state index contributed by atoms with van der Waals surface area (Å²) in [5.74, 6) is 1.46. The number of halogens is 2. The van der Waals surface area contributed by atoms with Crippen LogP contribution in [0.2, 0.25) is 0 Å². The summed E-state index contributed by atoms with van der Waals surface area (Å²) >= 11 is 0. The molecular formula is C16H21F2N. The molecular weight excluding hydrogens is 244 g/mol. The lowest BCUT2D eigenvalue weighted by Crippen LogP contribution is -2.28. The topological polar surface area (TPSA) is 26.0 Å². The predicted molar refractivity (Wildman–Crippen MR) is 71.6 cm³/mol. The largest absolute Gasteiger partial charge is 0.327 e. The molecule has 4 atom stereocenters. The summed E-state index contributed by atoms with van der Waals surface area (Å²) in [5, 5.41) is 0. The fourth-order valence-corrected chi connectivity index (χ4v) is 4.13. The van der Waals surface area contributed by atoms with Crippen molar-refractivity contribution in [1.82, 2.24) is 0 Å². The molecule has 3 heteroatoms. The van der Waals surface area contributed by atoms with Crippen LogP contribution in [0.5, 0.6) is 0 Å². The highest BCUT2D eigenvalue weighted by molar-refractivity contribution is 5.20. The molecule has 2 aliphatic carbocycles. The predicted octanol–water partition coefficient (Wildman–Crippen LogP) is 3.66. The average molecular weight is 265 g/mol. The van der Waals surface area contributed by atoms with E-state index in [2.05, 4.69) is 0 Å². The second-order valence-corrected chi connectivity index (χ2v) is 6.34. The maximum Gasteiger partial charge on any atom is 0.129 e. The van der Waals surface area contributed by atoms with Crippen LogP contribution in [-0.2, 0) is 6.42 Å². The molecule has 0 saturated heterocycles. The van der Waals surface area contributed by atoms with Gasteiger partial charge in [0.25, 0.3) is 0 Å². The van der Waals surface area contributed by atoms with Gasteiger partial charge in [-0.15, -0.1) is 0 Å². The molecule has 0 radical (unpaired) electrons. The van der Waals surface area contributed by atoms with Crippen LogP contribution >= 0.6 is 0 Å². The van der Waals surface area contributed by atoms with Crippen molar-refractivity contribution < 1.29 is 8.78 Å². The normalized spacial score (nSPS) is 30.8. The van der Waals surface area contributed by atoms with Crippen LogP contribution < -0.4 is 5.73 Å². The lowest BCUT2D eigenvalue weighted by molar-refractivity contribution is 0.293. The van der Waals surface area contributed by atoms with E-state index in [4.69, 9.17) is 5.73 Å². The van der Waals surface area contributed by atoms with Crippen molar-refractivity contribution in [3.63, 3.8) is 0 Å². The van der Waals surface area contributed by atoms with Crippen LogP contribution in [0, 0.1) is 29.4 Å². The van der Waals surface area contributed by atoms with Gasteiger partial charge in [0.15, 0.2) is 0 Å². The summed E-state index contributed by atoms with van der Waals surface area (Å²) in [6.07, 6.45) is 6.55. The Balaban J connectivity index is 1.61. The molecule has 19 heavy (non-hydrogen) atoms. The lowest BCUT2D eigenvalue weighted by Gasteiger charge is -2.24. The fraction of sp³-hybridized carbons (Fsp3) is 0.625. The quantitative estimate of drug-likeness (QED) is 0.883. The third-order valence-electron chi connectivity index (χ3n) is 5.02. The van der Waals surface area contributed by atoms with E-state index >= 15 is 0 Å². The molecule has 0 amide bonds. The summed E-state index contributed by atoms with van der Waals surface area (Å²) in [6.45, 7) is 0. The highest BCUT2D eigenvalue weighted by Gasteiger charge is 2.39. The Bertz CT molecular complexity index is 440. The molecule has 1 nitrogen and oxygen atoms in total. The summed E-state index contributed by atoms with van der Waals surface area (Å²) < 4.78 is 27.2. The van der Waals surface area contributed by atoms with Crippen LogP contribution in [0.15, 0.2) is 18.2 Å². The molecule has 0 heterocycles. The number of nitrogens with two attached hydrogens (primary N) is 1. The van der Waals surface area contributed by atoms with Gasteiger partial charge in [-0.3, -0.25) is 0 Å². The minimum atomic E-state index is -0.469. The Labute approximate surface area is 113 Å². The van der Waals surface area contributed by atoms with E-state index in [1.807, 2.05) is 0 Å². The second kappa shape index (κ2) is 5.20. The summed E-state index contributed by atoms with van der Waals surface area (Å²) in [4.78, 5) is 0. The number of benzene rings is 1. The first kappa shape index (κ1) is 13.0. The molecule has 1 aromatic rings. The molecule has 2 bridgehead atoms. The third kappa shape index (κ3) is 2.66. The minimum Gasteiger partial charge on any atom is -0.327 e. The molecule has 0 spiro atoms. The Morgan fingerprint density at radius 1 is 1.16 bits per heavy atom. The molecule has 1 aromatic carbocycles. The maximum atomic E-state index is 13.6. The van der Waals surface area contributed by atoms with Crippen LogP contribution in [0.4, 0.5) is 8.78 Å². The van der Waals surface area contributed by atoms with Crippen molar-refractivity contribution >= 4 is 0 Å². The van der Waals surface area contributed by atoms with Crippen LogP contribution in [0.3, 0.4) is 0 Å². The molecule has 0 aromatic heterocycles. The number of hydrogen-bond acceptors (Lipinski definition) is 1. The average Bonchev–Trinajstić information content (AvgIpc) is 2.96. The Hall–Kier alpha value is -0.960. The van der Waals surface area contributed by atoms with E-state index in [1.165, 1.54) is 43.9 Å². The summed E-state index contributed by atoms with van der Waals surface area (Å²) in [5.41, 5.74) is 6.27. The van der Waals surface area contributed by atoms with Crippen molar-refractivity contribution in [3.05, 3.63) is 35.4 Å². The Kier molecular flexibility index (Phi) is 3.57. The van der Waals surface area contributed by atoms with Crippen LogP contribution in [-0.4, -0.2) is 6.04 Å². The molecule has 2 fully saturated rings. The van der Waals surface area contributed by atoms with Gasteiger partial charge in [-0.2, -0.15) is 0 Å². The Morgan fingerprint density at radius 3 is 2.47 bits per heavy atom. The van der Waals surface area contributed by atoms with Gasteiger partial charge in [0.05, 0.1) is 0 Å². The van der Waals surface area contributed by atoms with E-state index in [0.717, 1.165) is 18.3 Å². The molecule has 104 valence electrons. The SMILES string of the molecule is NC(Cc1c(F)cccc1F)CC1CC2CCC1C2. The van der Waals surface area contributed by atoms with Crippen molar-refractivity contribution in [2.45, 2.75) is 44.6 Å². The second-order valence-electron chi connectivity index (χ2n) is 6.34. The van der Waals surface area contributed by atoms with E-state index in [1.54, 1.807) is 0 Å². The molecule has 0 aliphatic heterocycles. The van der Waals surface area contributed by atoms with E-state index in [0.29, 0.717) is 12.3 Å². The van der Waals surface area contributed by atoms with Crippen LogP contribution in [0.25, 0.3) is 0 Å². The fourth-order valence-electron chi connectivity index (χ4n) is 4.13. The number of fused-ring (bicyclic) bond motifs is 2. The van der Waals surface area contributed by atoms with E-state index in [-0.39, 0.29) is 11.6 Å². The van der Waals surface area contributed by atoms with Gasteiger partial charge in [-0.25, -0.2) is 8.78 Å². The smallest absolute Gasteiger partial charge is 0.129 e. The first-order chi connectivity index (χ1) is 9.13. The minimum absolute atomic E-state index is 0.129. The molecule has 2 N–H and O–H groups in total. The highest BCUT2D eigenvalue weighted by atomic mass is 19.1. The van der Waals surface area contributed by atoms with Crippen molar-refractivity contribution in [2.75, 3.05) is 0 Å². The lowest BCUT2D eigenvalue weighted by atomic mass is 9.83. The summed E-state index contributed by atoms with van der Waals surface area (Å²) in [6, 6.07) is 3.89. The first-order valence-electron chi connectivity index (χ1n) is 7.32. The van der Waals surface area contributed by atoms with Crippen molar-refractivity contribution in [1.29, 1.82) is 0 Å². The van der Waals surface area contributed by atoms with Gasteiger partial charge in [-0.05, 0) is 62.0 Å². The Morgan fingerprint density at radius 2 is 1.89 bits per heavy atom. The zero-order valence-corrected chi connectivity index (χ0v) is 11.1. The van der Waals surface area contributed by atoms with Gasteiger partial charge in [0.2, 0.25) is 0 Å². The number of rotatable bonds is 4. The maximum absolute atomic E-state index is 13.6. The van der Waals surface area contributed by atoms with E-state index < -0.39 is 11.6 Å². The first-order valence-corrected chi connectivity index (χ1v) is 7.32.